The lowest BCUT2D eigenvalue weighted by molar-refractivity contribution is -0.385. The molecule has 0 heterocycles. The zero-order valence-corrected chi connectivity index (χ0v) is 9.85. The number of amides is 1. The quantitative estimate of drug-likeness (QED) is 0.652. The number of aliphatic hydroxyl groups excluding tert-OH is 1. The largest absolute Gasteiger partial charge is 0.395 e. The maximum Gasteiger partial charge on any atom is 0.282 e. The number of hydrogen-bond donors (Lipinski definition) is 1. The van der Waals surface area contributed by atoms with Crippen LogP contribution in [-0.4, -0.2) is 41.0 Å². The fourth-order valence-electron chi connectivity index (χ4n) is 1.30. The molecule has 1 amide bonds. The number of nitro groups is 1. The number of aliphatic hydroxyl groups is 1. The van der Waals surface area contributed by atoms with Gasteiger partial charge in [-0.15, -0.1) is 0 Å². The molecule has 92 valence electrons. The maximum absolute atomic E-state index is 11.9. The molecule has 0 atom stereocenters. The van der Waals surface area contributed by atoms with Crippen LogP contribution in [0.2, 0.25) is 5.02 Å². The Morgan fingerprint density at radius 2 is 2.24 bits per heavy atom. The van der Waals surface area contributed by atoms with E-state index in [1.165, 1.54) is 30.1 Å². The first-order valence-electron chi connectivity index (χ1n) is 4.77. The molecule has 1 aromatic rings. The van der Waals surface area contributed by atoms with Crippen LogP contribution < -0.4 is 0 Å². The molecule has 0 aliphatic rings. The lowest BCUT2D eigenvalue weighted by atomic mass is 10.1. The van der Waals surface area contributed by atoms with E-state index in [1.807, 2.05) is 0 Å². The van der Waals surface area contributed by atoms with Gasteiger partial charge in [0, 0.05) is 24.7 Å². The first-order chi connectivity index (χ1) is 7.97. The van der Waals surface area contributed by atoms with Crippen LogP contribution in [0.3, 0.4) is 0 Å². The van der Waals surface area contributed by atoms with Crippen molar-refractivity contribution in [3.05, 3.63) is 38.9 Å². The highest BCUT2D eigenvalue weighted by Gasteiger charge is 2.22. The smallest absolute Gasteiger partial charge is 0.282 e. The molecule has 0 saturated heterocycles. The molecule has 6 nitrogen and oxygen atoms in total. The van der Waals surface area contributed by atoms with Gasteiger partial charge in [0.25, 0.3) is 11.6 Å². The van der Waals surface area contributed by atoms with E-state index in [-0.39, 0.29) is 29.4 Å². The van der Waals surface area contributed by atoms with Crippen molar-refractivity contribution < 1.29 is 14.8 Å². The lowest BCUT2D eigenvalue weighted by Gasteiger charge is -2.15. The van der Waals surface area contributed by atoms with Gasteiger partial charge in [0.1, 0.15) is 5.56 Å². The molecule has 17 heavy (non-hydrogen) atoms. The fourth-order valence-corrected chi connectivity index (χ4v) is 1.47. The molecular weight excluding hydrogens is 248 g/mol. The molecule has 0 unspecified atom stereocenters. The Bertz CT molecular complexity index is 450. The van der Waals surface area contributed by atoms with E-state index in [2.05, 4.69) is 0 Å². The van der Waals surface area contributed by atoms with Crippen LogP contribution in [0.15, 0.2) is 18.2 Å². The van der Waals surface area contributed by atoms with Gasteiger partial charge >= 0.3 is 0 Å². The van der Waals surface area contributed by atoms with Gasteiger partial charge in [0.2, 0.25) is 0 Å². The van der Waals surface area contributed by atoms with Crippen LogP contribution in [0.5, 0.6) is 0 Å². The second-order valence-corrected chi connectivity index (χ2v) is 3.81. The van der Waals surface area contributed by atoms with Crippen molar-refractivity contribution in [2.75, 3.05) is 20.2 Å². The van der Waals surface area contributed by atoms with Crippen molar-refractivity contribution in [2.24, 2.45) is 0 Å². The number of carbonyl (C=O) groups excluding carboxylic acids is 1. The molecule has 1 N–H and O–H groups in total. The second-order valence-electron chi connectivity index (χ2n) is 3.37. The SMILES string of the molecule is CN(CCO)C(=O)c1cc(Cl)ccc1[N+](=O)[O-]. The molecule has 7 heteroatoms. The van der Waals surface area contributed by atoms with Crippen LogP contribution in [0.4, 0.5) is 5.69 Å². The number of rotatable bonds is 4. The molecule has 0 aromatic heterocycles. The Labute approximate surface area is 103 Å². The minimum atomic E-state index is -0.643. The van der Waals surface area contributed by atoms with E-state index >= 15 is 0 Å². The van der Waals surface area contributed by atoms with Gasteiger partial charge in [-0.05, 0) is 12.1 Å². The van der Waals surface area contributed by atoms with E-state index in [9.17, 15) is 14.9 Å². The van der Waals surface area contributed by atoms with Gasteiger partial charge in [-0.2, -0.15) is 0 Å². The summed E-state index contributed by atoms with van der Waals surface area (Å²) in [5.74, 6) is -0.548. The van der Waals surface area contributed by atoms with Gasteiger partial charge in [0.05, 0.1) is 11.5 Å². The van der Waals surface area contributed by atoms with Crippen LogP contribution in [0, 0.1) is 10.1 Å². The van der Waals surface area contributed by atoms with Crippen molar-refractivity contribution in [2.45, 2.75) is 0 Å². The first kappa shape index (κ1) is 13.4. The molecule has 0 aliphatic heterocycles. The summed E-state index contributed by atoms with van der Waals surface area (Å²) in [6, 6.07) is 3.78. The highest BCUT2D eigenvalue weighted by Crippen LogP contribution is 2.23. The third kappa shape index (κ3) is 3.15. The molecule has 1 aromatic carbocycles. The third-order valence-corrected chi connectivity index (χ3v) is 2.40. The molecule has 0 aliphatic carbocycles. The number of nitro benzene ring substituents is 1. The zero-order chi connectivity index (χ0) is 13.0. The van der Waals surface area contributed by atoms with Gasteiger partial charge < -0.3 is 10.0 Å². The summed E-state index contributed by atoms with van der Waals surface area (Å²) < 4.78 is 0. The number of benzene rings is 1. The fraction of sp³-hybridized carbons (Fsp3) is 0.300. The average molecular weight is 259 g/mol. The Hall–Kier alpha value is -1.66. The summed E-state index contributed by atoms with van der Waals surface area (Å²) >= 11 is 5.70. The van der Waals surface area contributed by atoms with Crippen molar-refractivity contribution in [1.29, 1.82) is 0 Å². The number of halogens is 1. The van der Waals surface area contributed by atoms with Crippen LogP contribution in [0.1, 0.15) is 10.4 Å². The van der Waals surface area contributed by atoms with E-state index in [0.29, 0.717) is 0 Å². The Morgan fingerprint density at radius 1 is 1.59 bits per heavy atom. The van der Waals surface area contributed by atoms with Gasteiger partial charge in [-0.25, -0.2) is 0 Å². The standard InChI is InChI=1S/C10H11ClN2O4/c1-12(4-5-14)10(15)8-6-7(11)2-3-9(8)13(16)17/h2-3,6,14H,4-5H2,1H3. The molecule has 0 fully saturated rings. The van der Waals surface area contributed by atoms with Crippen molar-refractivity contribution in [3.63, 3.8) is 0 Å². The van der Waals surface area contributed by atoms with Crippen molar-refractivity contribution in [3.8, 4) is 0 Å². The van der Waals surface area contributed by atoms with Crippen molar-refractivity contribution in [1.82, 2.24) is 4.90 Å². The van der Waals surface area contributed by atoms with E-state index in [0.717, 1.165) is 0 Å². The number of likely N-dealkylation sites (N-methyl/N-ethyl adjacent to an activating group) is 1. The topological polar surface area (TPSA) is 83.7 Å². The second kappa shape index (κ2) is 5.60. The summed E-state index contributed by atoms with van der Waals surface area (Å²) in [7, 11) is 1.45. The summed E-state index contributed by atoms with van der Waals surface area (Å²) in [4.78, 5) is 23.2. The predicted octanol–water partition coefficient (Wildman–Crippen LogP) is 1.31. The Kier molecular flexibility index (Phi) is 4.42. The third-order valence-electron chi connectivity index (χ3n) is 2.17. The van der Waals surface area contributed by atoms with Crippen LogP contribution in [0.25, 0.3) is 0 Å². The highest BCUT2D eigenvalue weighted by atomic mass is 35.5. The van der Waals surface area contributed by atoms with Gasteiger partial charge in [0.15, 0.2) is 0 Å². The Morgan fingerprint density at radius 3 is 2.76 bits per heavy atom. The first-order valence-corrected chi connectivity index (χ1v) is 5.15. The predicted molar refractivity (Wildman–Crippen MR) is 62.2 cm³/mol. The number of hydrogen-bond acceptors (Lipinski definition) is 4. The minimum absolute atomic E-state index is 0.0848. The number of nitrogens with zero attached hydrogens (tertiary/aromatic N) is 2. The van der Waals surface area contributed by atoms with Crippen LogP contribution in [-0.2, 0) is 0 Å². The summed E-state index contributed by atoms with van der Waals surface area (Å²) in [6.45, 7) is -0.112. The minimum Gasteiger partial charge on any atom is -0.395 e. The summed E-state index contributed by atoms with van der Waals surface area (Å²) in [5, 5.41) is 19.7. The Balaban J connectivity index is 3.15. The monoisotopic (exact) mass is 258 g/mol. The summed E-state index contributed by atoms with van der Waals surface area (Å²) in [5.41, 5.74) is -0.386. The van der Waals surface area contributed by atoms with Crippen molar-refractivity contribution >= 4 is 23.2 Å². The maximum atomic E-state index is 11.9. The normalized spacial score (nSPS) is 10.1. The molecule has 1 rings (SSSR count). The highest BCUT2D eigenvalue weighted by molar-refractivity contribution is 6.31. The van der Waals surface area contributed by atoms with E-state index in [1.54, 1.807) is 0 Å². The molecule has 0 saturated carbocycles. The van der Waals surface area contributed by atoms with E-state index in [4.69, 9.17) is 16.7 Å². The number of carbonyl (C=O) groups is 1. The molecular formula is C10H11ClN2O4. The molecule has 0 spiro atoms. The van der Waals surface area contributed by atoms with E-state index < -0.39 is 10.8 Å². The van der Waals surface area contributed by atoms with Gasteiger partial charge in [-0.1, -0.05) is 11.6 Å². The van der Waals surface area contributed by atoms with Gasteiger partial charge in [-0.3, -0.25) is 14.9 Å². The van der Waals surface area contributed by atoms with Crippen LogP contribution >= 0.6 is 11.6 Å². The zero-order valence-electron chi connectivity index (χ0n) is 9.09. The summed E-state index contributed by atoms with van der Waals surface area (Å²) in [6.07, 6.45) is 0. The molecule has 0 bridgehead atoms. The average Bonchev–Trinajstić information content (AvgIpc) is 2.27. The molecule has 0 radical (unpaired) electrons. The lowest BCUT2D eigenvalue weighted by Crippen LogP contribution is -2.30.